The fraction of sp³-hybridized carbons (Fsp3) is 0.346. The number of anilines is 1. The zero-order valence-corrected chi connectivity index (χ0v) is 21.3. The third-order valence-corrected chi connectivity index (χ3v) is 5.39. The van der Waals surface area contributed by atoms with E-state index in [1.807, 2.05) is 59.7 Å². The van der Waals surface area contributed by atoms with Crippen LogP contribution in [0, 0.1) is 20.8 Å². The molecule has 0 aliphatic carbocycles. The average Bonchev–Trinajstić information content (AvgIpc) is 3.53. The summed E-state index contributed by atoms with van der Waals surface area (Å²) in [6.45, 7) is 11.1. The lowest BCUT2D eigenvalue weighted by molar-refractivity contribution is -0.128. The van der Waals surface area contributed by atoms with Crippen molar-refractivity contribution in [3.8, 4) is 11.6 Å². The predicted octanol–water partition coefficient (Wildman–Crippen LogP) is 4.14. The first kappa shape index (κ1) is 24.9. The van der Waals surface area contributed by atoms with E-state index >= 15 is 0 Å². The molecule has 3 aromatic heterocycles. The Bertz CT molecular complexity index is 1360. The lowest BCUT2D eigenvalue weighted by Crippen LogP contribution is -2.50. The highest BCUT2D eigenvalue weighted by Gasteiger charge is 2.37. The molecule has 0 aliphatic rings. The largest absolute Gasteiger partial charge is 0.467 e. The van der Waals surface area contributed by atoms with Crippen LogP contribution in [0.3, 0.4) is 0 Å². The summed E-state index contributed by atoms with van der Waals surface area (Å²) in [5.41, 5.74) is 1.93. The van der Waals surface area contributed by atoms with Crippen molar-refractivity contribution in [2.45, 2.75) is 59.7 Å². The van der Waals surface area contributed by atoms with Crippen LogP contribution in [0.4, 0.5) is 5.69 Å². The van der Waals surface area contributed by atoms with E-state index in [0.717, 1.165) is 11.1 Å². The normalized spacial score (nSPS) is 12.4. The number of aryl methyl sites for hydroxylation is 3. The molecule has 10 nitrogen and oxygen atoms in total. The van der Waals surface area contributed by atoms with E-state index in [2.05, 4.69) is 20.7 Å². The number of amides is 2. The molecule has 0 spiro atoms. The monoisotopic (exact) mass is 490 g/mol. The van der Waals surface area contributed by atoms with Crippen LogP contribution in [0.15, 0.2) is 57.6 Å². The van der Waals surface area contributed by atoms with Crippen LogP contribution in [-0.2, 0) is 16.1 Å². The highest BCUT2D eigenvalue weighted by Crippen LogP contribution is 2.32. The molecule has 4 aromatic rings. The Morgan fingerprint density at radius 3 is 2.50 bits per heavy atom. The molecule has 0 fully saturated rings. The number of nitrogens with zero attached hydrogens (tertiary/aromatic N) is 5. The molecule has 36 heavy (non-hydrogen) atoms. The fourth-order valence-electron chi connectivity index (χ4n) is 3.91. The minimum atomic E-state index is -1.05. The smallest absolute Gasteiger partial charge is 0.251 e. The maximum atomic E-state index is 13.9. The molecule has 0 saturated carbocycles. The van der Waals surface area contributed by atoms with Crippen LogP contribution in [0.5, 0.6) is 0 Å². The van der Waals surface area contributed by atoms with Crippen molar-refractivity contribution >= 4 is 17.5 Å². The van der Waals surface area contributed by atoms with Gasteiger partial charge in [-0.25, -0.2) is 0 Å². The van der Waals surface area contributed by atoms with Crippen molar-refractivity contribution < 1.29 is 18.4 Å². The van der Waals surface area contributed by atoms with Gasteiger partial charge in [-0.1, -0.05) is 17.7 Å². The summed E-state index contributed by atoms with van der Waals surface area (Å²) in [4.78, 5) is 30.1. The maximum absolute atomic E-state index is 13.9. The Morgan fingerprint density at radius 1 is 1.11 bits per heavy atom. The third-order valence-electron chi connectivity index (χ3n) is 5.39. The van der Waals surface area contributed by atoms with Gasteiger partial charge < -0.3 is 14.2 Å². The number of rotatable bonds is 7. The minimum Gasteiger partial charge on any atom is -0.467 e. The molecule has 1 atom stereocenters. The molecular formula is C26H30N6O4. The molecule has 10 heteroatoms. The molecule has 0 bridgehead atoms. The lowest BCUT2D eigenvalue weighted by Gasteiger charge is -2.33. The van der Waals surface area contributed by atoms with Gasteiger partial charge in [0, 0.05) is 11.2 Å². The standard InChI is InChI=1S/C26H30N6O4/c1-16-9-11-19(17(2)14-16)32(23(20-8-7-13-35-20)25(34)27-26(4,5)6)22(33)15-31-29-24(28-30-31)21-12-10-18(3)36-21/h7-14,23H,15H2,1-6H3,(H,27,34)/t23-/m1/s1. The van der Waals surface area contributed by atoms with E-state index in [1.54, 1.807) is 24.3 Å². The number of aromatic nitrogens is 4. The van der Waals surface area contributed by atoms with E-state index in [9.17, 15) is 9.59 Å². The van der Waals surface area contributed by atoms with Gasteiger partial charge in [-0.05, 0) is 82.7 Å². The lowest BCUT2D eigenvalue weighted by atomic mass is 10.0. The molecule has 0 radical (unpaired) electrons. The van der Waals surface area contributed by atoms with Crippen LogP contribution in [-0.4, -0.2) is 37.6 Å². The molecule has 4 rings (SSSR count). The average molecular weight is 491 g/mol. The third kappa shape index (κ3) is 5.54. The van der Waals surface area contributed by atoms with Gasteiger partial charge in [0.1, 0.15) is 18.1 Å². The van der Waals surface area contributed by atoms with Crippen molar-refractivity contribution in [3.63, 3.8) is 0 Å². The van der Waals surface area contributed by atoms with E-state index in [0.29, 0.717) is 23.0 Å². The zero-order valence-electron chi connectivity index (χ0n) is 21.3. The summed E-state index contributed by atoms with van der Waals surface area (Å²) in [6, 6.07) is 11.5. The molecule has 2 amide bonds. The van der Waals surface area contributed by atoms with E-state index in [4.69, 9.17) is 8.83 Å². The summed E-state index contributed by atoms with van der Waals surface area (Å²) in [5.74, 6) is 0.988. The topological polar surface area (TPSA) is 119 Å². The van der Waals surface area contributed by atoms with E-state index in [-0.39, 0.29) is 18.3 Å². The highest BCUT2D eigenvalue weighted by molar-refractivity contribution is 6.01. The van der Waals surface area contributed by atoms with Gasteiger partial charge in [0.15, 0.2) is 11.8 Å². The number of hydrogen-bond acceptors (Lipinski definition) is 7. The number of tetrazole rings is 1. The molecule has 188 valence electrons. The Labute approximate surface area is 209 Å². The second-order valence-electron chi connectivity index (χ2n) is 9.76. The van der Waals surface area contributed by atoms with Crippen LogP contribution >= 0.6 is 0 Å². The predicted molar refractivity (Wildman–Crippen MR) is 133 cm³/mol. The second kappa shape index (κ2) is 9.80. The Balaban J connectivity index is 1.74. The van der Waals surface area contributed by atoms with E-state index < -0.39 is 17.5 Å². The quantitative estimate of drug-likeness (QED) is 0.413. The van der Waals surface area contributed by atoms with Gasteiger partial charge >= 0.3 is 0 Å². The van der Waals surface area contributed by atoms with Crippen LogP contribution in [0.1, 0.15) is 49.5 Å². The highest BCUT2D eigenvalue weighted by atomic mass is 16.3. The van der Waals surface area contributed by atoms with Gasteiger partial charge in [-0.2, -0.15) is 4.80 Å². The van der Waals surface area contributed by atoms with Crippen molar-refractivity contribution in [2.75, 3.05) is 4.90 Å². The number of hydrogen-bond donors (Lipinski definition) is 1. The second-order valence-corrected chi connectivity index (χ2v) is 9.76. The fourth-order valence-corrected chi connectivity index (χ4v) is 3.91. The number of carbonyl (C=O) groups is 2. The van der Waals surface area contributed by atoms with Crippen molar-refractivity contribution in [2.24, 2.45) is 0 Å². The molecule has 0 aliphatic heterocycles. The first-order chi connectivity index (χ1) is 17.0. The molecule has 1 N–H and O–H groups in total. The SMILES string of the molecule is Cc1ccc(N(C(=O)Cn2nnc(-c3ccc(C)o3)n2)[C@@H](C(=O)NC(C)(C)C)c2ccco2)c(C)c1. The van der Waals surface area contributed by atoms with Gasteiger partial charge in [0.2, 0.25) is 5.82 Å². The summed E-state index contributed by atoms with van der Waals surface area (Å²) >= 11 is 0. The molecule has 1 aromatic carbocycles. The van der Waals surface area contributed by atoms with Crippen molar-refractivity contribution in [3.05, 3.63) is 71.4 Å². The summed E-state index contributed by atoms with van der Waals surface area (Å²) < 4.78 is 11.2. The minimum absolute atomic E-state index is 0.250. The van der Waals surface area contributed by atoms with Gasteiger partial charge in [0.25, 0.3) is 11.8 Å². The van der Waals surface area contributed by atoms with E-state index in [1.165, 1.54) is 16.0 Å². The Kier molecular flexibility index (Phi) is 6.78. The Morgan fingerprint density at radius 2 is 1.89 bits per heavy atom. The number of furan rings is 2. The first-order valence-electron chi connectivity index (χ1n) is 11.6. The molecule has 0 unspecified atom stereocenters. The van der Waals surface area contributed by atoms with Gasteiger partial charge in [-0.3, -0.25) is 14.5 Å². The van der Waals surface area contributed by atoms with Gasteiger partial charge in [-0.15, -0.1) is 10.2 Å². The zero-order chi connectivity index (χ0) is 26.0. The summed E-state index contributed by atoms with van der Waals surface area (Å²) in [6.07, 6.45) is 1.48. The van der Waals surface area contributed by atoms with Crippen molar-refractivity contribution in [1.29, 1.82) is 0 Å². The molecular weight excluding hydrogens is 460 g/mol. The molecule has 3 heterocycles. The summed E-state index contributed by atoms with van der Waals surface area (Å²) in [5, 5.41) is 15.3. The van der Waals surface area contributed by atoms with Crippen LogP contribution < -0.4 is 10.2 Å². The number of benzene rings is 1. The summed E-state index contributed by atoms with van der Waals surface area (Å²) in [7, 11) is 0. The first-order valence-corrected chi connectivity index (χ1v) is 11.6. The number of carbonyl (C=O) groups excluding carboxylic acids is 2. The van der Waals surface area contributed by atoms with Crippen molar-refractivity contribution in [1.82, 2.24) is 25.5 Å². The van der Waals surface area contributed by atoms with Crippen LogP contribution in [0.25, 0.3) is 11.6 Å². The Hall–Kier alpha value is -4.21. The number of nitrogens with one attached hydrogen (secondary N) is 1. The molecule has 0 saturated heterocycles. The van der Waals surface area contributed by atoms with Crippen LogP contribution in [0.2, 0.25) is 0 Å². The maximum Gasteiger partial charge on any atom is 0.251 e. The van der Waals surface area contributed by atoms with Gasteiger partial charge in [0.05, 0.1) is 6.26 Å².